The molecule has 9 heavy (non-hydrogen) atoms. The van der Waals surface area contributed by atoms with Gasteiger partial charge in [0.25, 0.3) is 0 Å². The van der Waals surface area contributed by atoms with E-state index in [0.29, 0.717) is 0 Å². The van der Waals surface area contributed by atoms with Gasteiger partial charge in [0.1, 0.15) is 0 Å². The van der Waals surface area contributed by atoms with Crippen molar-refractivity contribution in [1.82, 2.24) is 0 Å². The van der Waals surface area contributed by atoms with Crippen molar-refractivity contribution in [3.8, 4) is 0 Å². The first-order valence-electron chi connectivity index (χ1n) is 3.44. The quantitative estimate of drug-likeness (QED) is 0.458. The summed E-state index contributed by atoms with van der Waals surface area (Å²) < 4.78 is 0. The first kappa shape index (κ1) is 7.20. The van der Waals surface area contributed by atoms with E-state index in [0.717, 1.165) is 0 Å². The summed E-state index contributed by atoms with van der Waals surface area (Å²) in [4.78, 5) is 0. The maximum absolute atomic E-state index is 2.43. The lowest BCUT2D eigenvalue weighted by atomic mass is 10.2. The summed E-state index contributed by atoms with van der Waals surface area (Å²) in [7, 11) is -0.192. The maximum Gasteiger partial charge on any atom is -0.00485 e. The summed E-state index contributed by atoms with van der Waals surface area (Å²) in [5, 5.41) is 0. The summed E-state index contributed by atoms with van der Waals surface area (Å²) in [5.41, 5.74) is 1.60. The van der Waals surface area contributed by atoms with Crippen LogP contribution < -0.4 is 0 Å². The molecule has 0 radical (unpaired) electrons. The Bertz CT molecular complexity index is 134. The zero-order valence-corrected chi connectivity index (χ0v) is 7.42. The van der Waals surface area contributed by atoms with Crippen LogP contribution in [0.2, 0.25) is 0 Å². The third kappa shape index (κ3) is 2.05. The first-order chi connectivity index (χ1) is 4.10. The minimum atomic E-state index is -0.192. The Balaban J connectivity index is 2.56. The molecule has 0 nitrogen and oxygen atoms in total. The Labute approximate surface area is 59.7 Å². The topological polar surface area (TPSA) is 0 Å². The molecule has 0 unspecified atom stereocenters. The number of hydrogen-bond acceptors (Lipinski definition) is 0. The Morgan fingerprint density at radius 3 is 2.44 bits per heavy atom. The summed E-state index contributed by atoms with van der Waals surface area (Å²) in [5.74, 6) is 2.81. The second-order valence-electron chi connectivity index (χ2n) is 3.44. The van der Waals surface area contributed by atoms with E-state index < -0.39 is 0 Å². The minimum Gasteiger partial charge on any atom is -0.243 e. The molecule has 0 aliphatic carbocycles. The SMILES string of the molecule is CC1=CCS(C)(C)CC1. The Morgan fingerprint density at radius 1 is 1.44 bits per heavy atom. The average molecular weight is 144 g/mol. The largest absolute Gasteiger partial charge is 0.243 e. The molecule has 0 spiro atoms. The zero-order valence-electron chi connectivity index (χ0n) is 6.61. The fraction of sp³-hybridized carbons (Fsp3) is 0.750. The highest BCUT2D eigenvalue weighted by Crippen LogP contribution is 2.43. The molecule has 0 saturated carbocycles. The van der Waals surface area contributed by atoms with Gasteiger partial charge in [-0.05, 0) is 37.4 Å². The zero-order chi connectivity index (χ0) is 6.91. The van der Waals surface area contributed by atoms with Crippen LogP contribution in [0.1, 0.15) is 13.3 Å². The fourth-order valence-electron chi connectivity index (χ4n) is 0.991. The van der Waals surface area contributed by atoms with Gasteiger partial charge >= 0.3 is 0 Å². The number of allylic oxidation sites excluding steroid dienone is 1. The third-order valence-corrected chi connectivity index (χ3v) is 4.31. The highest BCUT2D eigenvalue weighted by Gasteiger charge is 2.13. The normalized spacial score (nSPS) is 29.0. The molecule has 0 aromatic rings. The standard InChI is InChI=1S/C8H16S/c1-8-4-6-9(2,3)7-5-8/h4H,5-7H2,1-3H3. The van der Waals surface area contributed by atoms with E-state index >= 15 is 0 Å². The van der Waals surface area contributed by atoms with Gasteiger partial charge in [-0.15, -0.1) is 0 Å². The van der Waals surface area contributed by atoms with E-state index in [9.17, 15) is 0 Å². The molecule has 1 heterocycles. The van der Waals surface area contributed by atoms with Crippen LogP contribution in [0, 0.1) is 0 Å². The molecule has 1 rings (SSSR count). The molecule has 0 saturated heterocycles. The minimum absolute atomic E-state index is 0.192. The third-order valence-electron chi connectivity index (χ3n) is 1.93. The molecule has 0 amide bonds. The van der Waals surface area contributed by atoms with E-state index in [4.69, 9.17) is 0 Å². The van der Waals surface area contributed by atoms with Gasteiger partial charge < -0.3 is 0 Å². The lowest BCUT2D eigenvalue weighted by Crippen LogP contribution is -2.09. The number of rotatable bonds is 0. The van der Waals surface area contributed by atoms with Gasteiger partial charge in [0.05, 0.1) is 0 Å². The molecule has 54 valence electrons. The van der Waals surface area contributed by atoms with Crippen molar-refractivity contribution in [2.24, 2.45) is 0 Å². The Kier molecular flexibility index (Phi) is 1.90. The fourth-order valence-corrected chi connectivity index (χ4v) is 2.77. The summed E-state index contributed by atoms with van der Waals surface area (Å²) in [6.07, 6.45) is 8.62. The predicted octanol–water partition coefficient (Wildman–Crippen LogP) is 2.40. The summed E-state index contributed by atoms with van der Waals surface area (Å²) >= 11 is 0. The molecule has 1 heteroatoms. The average Bonchev–Trinajstić information content (AvgIpc) is 1.78. The van der Waals surface area contributed by atoms with Crippen molar-refractivity contribution in [1.29, 1.82) is 0 Å². The second-order valence-corrected chi connectivity index (χ2v) is 7.71. The molecule has 1 aliphatic heterocycles. The lowest BCUT2D eigenvalue weighted by Gasteiger charge is -2.33. The molecule has 0 bridgehead atoms. The van der Waals surface area contributed by atoms with E-state index in [1.807, 2.05) is 0 Å². The van der Waals surface area contributed by atoms with E-state index in [-0.39, 0.29) is 10.0 Å². The van der Waals surface area contributed by atoms with Gasteiger partial charge in [0.2, 0.25) is 0 Å². The maximum atomic E-state index is 2.43. The smallest absolute Gasteiger partial charge is 0.00485 e. The summed E-state index contributed by atoms with van der Waals surface area (Å²) in [6, 6.07) is 0. The van der Waals surface area contributed by atoms with Gasteiger partial charge in [-0.2, -0.15) is 0 Å². The Hall–Kier alpha value is 0.0900. The van der Waals surface area contributed by atoms with Crippen molar-refractivity contribution in [2.75, 3.05) is 24.0 Å². The molecule has 0 aromatic heterocycles. The monoisotopic (exact) mass is 144 g/mol. The van der Waals surface area contributed by atoms with Gasteiger partial charge in [-0.1, -0.05) is 11.6 Å². The molecule has 0 fully saturated rings. The van der Waals surface area contributed by atoms with Gasteiger partial charge in [-0.3, -0.25) is 0 Å². The van der Waals surface area contributed by atoms with Crippen LogP contribution >= 0.6 is 10.0 Å². The van der Waals surface area contributed by atoms with Crippen LogP contribution in [0.15, 0.2) is 11.6 Å². The molecule has 0 aromatic carbocycles. The predicted molar refractivity (Wildman–Crippen MR) is 47.5 cm³/mol. The first-order valence-corrected chi connectivity index (χ1v) is 6.23. The van der Waals surface area contributed by atoms with Crippen molar-refractivity contribution in [2.45, 2.75) is 13.3 Å². The molecular weight excluding hydrogens is 128 g/mol. The summed E-state index contributed by atoms with van der Waals surface area (Å²) in [6.45, 7) is 2.24. The van der Waals surface area contributed by atoms with Crippen LogP contribution in [-0.2, 0) is 0 Å². The van der Waals surface area contributed by atoms with Crippen molar-refractivity contribution in [3.05, 3.63) is 11.6 Å². The van der Waals surface area contributed by atoms with Gasteiger partial charge in [0, 0.05) is 0 Å². The Morgan fingerprint density at radius 2 is 2.11 bits per heavy atom. The van der Waals surface area contributed by atoms with Crippen molar-refractivity contribution >= 4 is 10.0 Å². The van der Waals surface area contributed by atoms with Crippen molar-refractivity contribution < 1.29 is 0 Å². The molecule has 0 atom stereocenters. The van der Waals surface area contributed by atoms with E-state index in [2.05, 4.69) is 25.5 Å². The van der Waals surface area contributed by atoms with Crippen LogP contribution in [0.25, 0.3) is 0 Å². The van der Waals surface area contributed by atoms with Crippen LogP contribution in [0.4, 0.5) is 0 Å². The van der Waals surface area contributed by atoms with Crippen LogP contribution in [0.5, 0.6) is 0 Å². The van der Waals surface area contributed by atoms with Crippen molar-refractivity contribution in [3.63, 3.8) is 0 Å². The lowest BCUT2D eigenvalue weighted by molar-refractivity contribution is 1.08. The highest BCUT2D eigenvalue weighted by atomic mass is 32.3. The van der Waals surface area contributed by atoms with E-state index in [1.54, 1.807) is 5.57 Å². The van der Waals surface area contributed by atoms with Crippen LogP contribution in [-0.4, -0.2) is 24.0 Å². The van der Waals surface area contributed by atoms with E-state index in [1.165, 1.54) is 17.9 Å². The number of hydrogen-bond donors (Lipinski definition) is 0. The van der Waals surface area contributed by atoms with Crippen LogP contribution in [0.3, 0.4) is 0 Å². The second kappa shape index (κ2) is 2.37. The van der Waals surface area contributed by atoms with Gasteiger partial charge in [-0.25, -0.2) is 10.0 Å². The van der Waals surface area contributed by atoms with Gasteiger partial charge in [0.15, 0.2) is 0 Å². The molecular formula is C8H16S. The molecule has 0 N–H and O–H groups in total. The molecule has 1 aliphatic rings. The highest BCUT2D eigenvalue weighted by molar-refractivity contribution is 8.32.